The van der Waals surface area contributed by atoms with Crippen molar-refractivity contribution in [2.45, 2.75) is 6.92 Å². The molecule has 29 heavy (non-hydrogen) atoms. The molecule has 0 bridgehead atoms. The number of rotatable bonds is 4. The fourth-order valence-corrected chi connectivity index (χ4v) is 3.34. The zero-order valence-corrected chi connectivity index (χ0v) is 17.8. The first-order chi connectivity index (χ1) is 14.0. The van der Waals surface area contributed by atoms with Gasteiger partial charge in [-0.3, -0.25) is 4.79 Å². The number of carbonyl (C=O) groups excluding carboxylic acids is 1. The Bertz CT molecular complexity index is 1190. The van der Waals surface area contributed by atoms with Gasteiger partial charge in [0.15, 0.2) is 5.82 Å². The smallest absolute Gasteiger partial charge is 0.295 e. The lowest BCUT2D eigenvalue weighted by atomic mass is 10.2. The number of hydrogen-bond acceptors (Lipinski definition) is 3. The van der Waals surface area contributed by atoms with E-state index in [-0.39, 0.29) is 5.82 Å². The molecule has 0 fully saturated rings. The van der Waals surface area contributed by atoms with E-state index in [2.05, 4.69) is 31.3 Å². The minimum absolute atomic E-state index is 0.0735. The highest BCUT2D eigenvalue weighted by Crippen LogP contribution is 2.24. The first-order valence-electron chi connectivity index (χ1n) is 8.86. The van der Waals surface area contributed by atoms with Crippen molar-refractivity contribution in [3.63, 3.8) is 0 Å². The van der Waals surface area contributed by atoms with E-state index in [0.717, 1.165) is 21.3 Å². The second-order valence-electron chi connectivity index (χ2n) is 6.48. The number of nitrogens with zero attached hydrogens (tertiary/aromatic N) is 3. The van der Waals surface area contributed by atoms with Gasteiger partial charge in [0.25, 0.3) is 5.91 Å². The summed E-state index contributed by atoms with van der Waals surface area (Å²) in [5.41, 5.74) is 3.35. The molecule has 0 spiro atoms. The number of benzene rings is 3. The van der Waals surface area contributed by atoms with Crippen LogP contribution < -0.4 is 5.32 Å². The van der Waals surface area contributed by atoms with Crippen LogP contribution in [-0.2, 0) is 0 Å². The van der Waals surface area contributed by atoms with Gasteiger partial charge in [0.2, 0.25) is 5.82 Å². The molecule has 144 valence electrons. The Morgan fingerprint density at radius 2 is 1.79 bits per heavy atom. The Labute approximate surface area is 181 Å². The molecular weight excluding hydrogens is 452 g/mol. The molecule has 0 radical (unpaired) electrons. The van der Waals surface area contributed by atoms with Crippen LogP contribution in [0.25, 0.3) is 17.1 Å². The number of hydrogen-bond donors (Lipinski definition) is 1. The summed E-state index contributed by atoms with van der Waals surface area (Å²) in [6, 6.07) is 22.5. The number of anilines is 1. The van der Waals surface area contributed by atoms with Crippen molar-refractivity contribution in [1.29, 1.82) is 0 Å². The fraction of sp³-hybridized carbons (Fsp3) is 0.0455. The first-order valence-corrected chi connectivity index (χ1v) is 10.0. The molecule has 0 aliphatic rings. The first kappa shape index (κ1) is 19.4. The molecule has 1 N–H and O–H groups in total. The van der Waals surface area contributed by atoms with Crippen LogP contribution in [0.3, 0.4) is 0 Å². The van der Waals surface area contributed by atoms with E-state index >= 15 is 0 Å². The molecule has 4 rings (SSSR count). The molecule has 4 aromatic rings. The molecular formula is C22H16BrClN4O. The van der Waals surface area contributed by atoms with E-state index in [1.54, 1.807) is 28.9 Å². The van der Waals surface area contributed by atoms with E-state index in [4.69, 9.17) is 11.6 Å². The van der Waals surface area contributed by atoms with Crippen LogP contribution in [0, 0.1) is 6.92 Å². The molecule has 0 aliphatic carbocycles. The highest BCUT2D eigenvalue weighted by atomic mass is 79.9. The maximum Gasteiger partial charge on any atom is 0.295 e. The topological polar surface area (TPSA) is 59.8 Å². The molecule has 1 amide bonds. The van der Waals surface area contributed by atoms with Crippen molar-refractivity contribution >= 4 is 39.1 Å². The minimum atomic E-state index is -0.406. The van der Waals surface area contributed by atoms with Gasteiger partial charge in [0.05, 0.1) is 5.69 Å². The summed E-state index contributed by atoms with van der Waals surface area (Å²) >= 11 is 9.45. The predicted octanol–water partition coefficient (Wildman–Crippen LogP) is 5.91. The number of aryl methyl sites for hydroxylation is 1. The zero-order chi connectivity index (χ0) is 20.4. The van der Waals surface area contributed by atoms with Gasteiger partial charge >= 0.3 is 0 Å². The molecule has 7 heteroatoms. The van der Waals surface area contributed by atoms with E-state index in [1.807, 2.05) is 55.5 Å². The summed E-state index contributed by atoms with van der Waals surface area (Å²) in [6.45, 7) is 2.01. The summed E-state index contributed by atoms with van der Waals surface area (Å²) in [6.07, 6.45) is 0. The molecule has 0 atom stereocenters. The Kier molecular flexibility index (Phi) is 5.47. The minimum Gasteiger partial charge on any atom is -0.319 e. The zero-order valence-electron chi connectivity index (χ0n) is 15.4. The Balaban J connectivity index is 1.76. The van der Waals surface area contributed by atoms with Crippen LogP contribution in [0.1, 0.15) is 16.2 Å². The predicted molar refractivity (Wildman–Crippen MR) is 119 cm³/mol. The van der Waals surface area contributed by atoms with Crippen molar-refractivity contribution in [3.05, 3.63) is 93.7 Å². The normalized spacial score (nSPS) is 10.7. The summed E-state index contributed by atoms with van der Waals surface area (Å²) in [5, 5.41) is 7.82. The molecule has 0 unspecified atom stereocenters. The maximum atomic E-state index is 12.8. The average molecular weight is 468 g/mol. The molecule has 1 aromatic heterocycles. The quantitative estimate of drug-likeness (QED) is 0.406. The lowest BCUT2D eigenvalue weighted by Gasteiger charge is -2.07. The van der Waals surface area contributed by atoms with E-state index in [9.17, 15) is 4.79 Å². The van der Waals surface area contributed by atoms with Gasteiger partial charge in [-0.25, -0.2) is 9.67 Å². The second-order valence-corrected chi connectivity index (χ2v) is 7.83. The van der Waals surface area contributed by atoms with Crippen LogP contribution in [0.2, 0.25) is 5.02 Å². The van der Waals surface area contributed by atoms with Gasteiger partial charge in [0.1, 0.15) is 0 Å². The maximum absolute atomic E-state index is 12.8. The summed E-state index contributed by atoms with van der Waals surface area (Å²) in [4.78, 5) is 17.3. The van der Waals surface area contributed by atoms with Crippen molar-refractivity contribution in [2.75, 3.05) is 5.32 Å². The van der Waals surface area contributed by atoms with Gasteiger partial charge in [0, 0.05) is 20.7 Å². The van der Waals surface area contributed by atoms with Crippen molar-refractivity contribution in [3.8, 4) is 17.1 Å². The van der Waals surface area contributed by atoms with Crippen LogP contribution >= 0.6 is 27.5 Å². The van der Waals surface area contributed by atoms with Crippen LogP contribution in [0.15, 0.2) is 77.3 Å². The SMILES string of the molecule is Cc1cccc(-n2nc(C(=O)Nc3cccc(Cl)c3)nc2-c2ccc(Br)cc2)c1. The molecule has 0 saturated carbocycles. The molecule has 0 aliphatic heterocycles. The highest BCUT2D eigenvalue weighted by molar-refractivity contribution is 9.10. The number of aromatic nitrogens is 3. The monoisotopic (exact) mass is 466 g/mol. The summed E-state index contributed by atoms with van der Waals surface area (Å²) in [7, 11) is 0. The Hall–Kier alpha value is -2.96. The summed E-state index contributed by atoms with van der Waals surface area (Å²) in [5.74, 6) is 0.251. The standard InChI is InChI=1S/C22H16BrClN4O/c1-14-4-2-7-19(12-14)28-21(15-8-10-16(23)11-9-15)26-20(27-28)22(29)25-18-6-3-5-17(24)13-18/h2-13H,1H3,(H,25,29). The van der Waals surface area contributed by atoms with Crippen LogP contribution in [-0.4, -0.2) is 20.7 Å². The second kappa shape index (κ2) is 8.19. The van der Waals surface area contributed by atoms with E-state index in [0.29, 0.717) is 16.5 Å². The summed E-state index contributed by atoms with van der Waals surface area (Å²) < 4.78 is 2.64. The largest absolute Gasteiger partial charge is 0.319 e. The van der Waals surface area contributed by atoms with Gasteiger partial charge in [-0.05, 0) is 55.0 Å². The third-order valence-corrected chi connectivity index (χ3v) is 5.01. The number of carbonyl (C=O) groups is 1. The van der Waals surface area contributed by atoms with Crippen molar-refractivity contribution < 1.29 is 4.79 Å². The molecule has 5 nitrogen and oxygen atoms in total. The molecule has 0 saturated heterocycles. The number of nitrogens with one attached hydrogen (secondary N) is 1. The lowest BCUT2D eigenvalue weighted by Crippen LogP contribution is -2.14. The van der Waals surface area contributed by atoms with Gasteiger partial charge in [-0.2, -0.15) is 0 Å². The third kappa shape index (κ3) is 4.39. The highest BCUT2D eigenvalue weighted by Gasteiger charge is 2.19. The Morgan fingerprint density at radius 1 is 1.03 bits per heavy atom. The van der Waals surface area contributed by atoms with Gasteiger partial charge < -0.3 is 5.32 Å². The average Bonchev–Trinajstić information content (AvgIpc) is 3.14. The van der Waals surface area contributed by atoms with Crippen molar-refractivity contribution in [2.24, 2.45) is 0 Å². The third-order valence-electron chi connectivity index (χ3n) is 4.24. The van der Waals surface area contributed by atoms with E-state index in [1.165, 1.54) is 0 Å². The number of amides is 1. The fourth-order valence-electron chi connectivity index (χ4n) is 2.89. The van der Waals surface area contributed by atoms with Gasteiger partial charge in [-0.1, -0.05) is 57.9 Å². The molecule has 3 aromatic carbocycles. The van der Waals surface area contributed by atoms with Gasteiger partial charge in [-0.15, -0.1) is 5.10 Å². The number of halogens is 2. The van der Waals surface area contributed by atoms with Crippen LogP contribution in [0.4, 0.5) is 5.69 Å². The van der Waals surface area contributed by atoms with Crippen molar-refractivity contribution in [1.82, 2.24) is 14.8 Å². The lowest BCUT2D eigenvalue weighted by molar-refractivity contribution is 0.101. The van der Waals surface area contributed by atoms with E-state index < -0.39 is 5.91 Å². The molecule has 1 heterocycles. The Morgan fingerprint density at radius 3 is 2.52 bits per heavy atom. The van der Waals surface area contributed by atoms with Crippen LogP contribution in [0.5, 0.6) is 0 Å².